The van der Waals surface area contributed by atoms with E-state index in [1.54, 1.807) is 25.1 Å². The van der Waals surface area contributed by atoms with E-state index in [1.807, 2.05) is 6.92 Å². The first-order chi connectivity index (χ1) is 12.0. The highest BCUT2D eigenvalue weighted by atomic mass is 16.6. The molecule has 0 aliphatic carbocycles. The summed E-state index contributed by atoms with van der Waals surface area (Å²) in [5.41, 5.74) is 0.763. The zero-order valence-electron chi connectivity index (χ0n) is 14.1. The van der Waals surface area contributed by atoms with Crippen LogP contribution in [0, 0.1) is 10.1 Å². The number of esters is 1. The van der Waals surface area contributed by atoms with Gasteiger partial charge in [0.15, 0.2) is 0 Å². The molecule has 0 saturated heterocycles. The molecule has 1 N–H and O–H groups in total. The minimum atomic E-state index is -0.727. The van der Waals surface area contributed by atoms with Crippen molar-refractivity contribution in [2.75, 3.05) is 19.8 Å². The number of hydrogen-bond donors (Lipinski definition) is 1. The van der Waals surface area contributed by atoms with Gasteiger partial charge >= 0.3 is 5.97 Å². The van der Waals surface area contributed by atoms with Gasteiger partial charge in [0, 0.05) is 36.3 Å². The lowest BCUT2D eigenvalue weighted by atomic mass is 9.83. The molecule has 0 fully saturated rings. The number of benzene rings is 1. The largest absolute Gasteiger partial charge is 0.460 e. The number of rotatable bonds is 7. The minimum Gasteiger partial charge on any atom is -0.460 e. The van der Waals surface area contributed by atoms with E-state index in [1.165, 1.54) is 6.07 Å². The molecule has 1 heterocycles. The van der Waals surface area contributed by atoms with Gasteiger partial charge in [-0.1, -0.05) is 18.2 Å². The molecule has 0 spiro atoms. The van der Waals surface area contributed by atoms with E-state index >= 15 is 0 Å². The van der Waals surface area contributed by atoms with Crippen LogP contribution in [0.25, 0.3) is 0 Å². The van der Waals surface area contributed by atoms with Gasteiger partial charge in [0.1, 0.15) is 6.61 Å². The number of para-hydroxylation sites is 1. The lowest BCUT2D eigenvalue weighted by molar-refractivity contribution is -0.385. The molecule has 1 aliphatic rings. The van der Waals surface area contributed by atoms with Gasteiger partial charge in [-0.15, -0.1) is 0 Å². The Hall–Kier alpha value is -2.74. The highest BCUT2D eigenvalue weighted by Crippen LogP contribution is 2.37. The van der Waals surface area contributed by atoms with E-state index < -0.39 is 16.8 Å². The summed E-state index contributed by atoms with van der Waals surface area (Å²) in [5, 5.41) is 13.9. The maximum atomic E-state index is 12.5. The maximum Gasteiger partial charge on any atom is 0.336 e. The molecule has 8 heteroatoms. The Balaban J connectivity index is 2.34. The summed E-state index contributed by atoms with van der Waals surface area (Å²) in [6.07, 6.45) is -0.0575. The van der Waals surface area contributed by atoms with Crippen molar-refractivity contribution in [3.05, 3.63) is 51.2 Å². The van der Waals surface area contributed by atoms with Gasteiger partial charge in [0.2, 0.25) is 5.91 Å². The Labute approximate surface area is 145 Å². The number of nitro groups is 1. The van der Waals surface area contributed by atoms with E-state index in [0.29, 0.717) is 17.9 Å². The molecule has 0 bridgehead atoms. The van der Waals surface area contributed by atoms with Crippen molar-refractivity contribution in [3.8, 4) is 0 Å². The van der Waals surface area contributed by atoms with Crippen LogP contribution in [0.4, 0.5) is 5.69 Å². The summed E-state index contributed by atoms with van der Waals surface area (Å²) in [5.74, 6) is -1.64. The fraction of sp³-hybridized carbons (Fsp3) is 0.412. The normalized spacial score (nSPS) is 17.2. The number of ether oxygens (including phenoxy) is 2. The van der Waals surface area contributed by atoms with E-state index in [9.17, 15) is 19.7 Å². The second-order valence-electron chi connectivity index (χ2n) is 5.49. The Morgan fingerprint density at radius 2 is 2.08 bits per heavy atom. The number of amides is 1. The highest BCUT2D eigenvalue weighted by Gasteiger charge is 2.36. The van der Waals surface area contributed by atoms with Crippen molar-refractivity contribution >= 4 is 17.6 Å². The van der Waals surface area contributed by atoms with Crippen molar-refractivity contribution in [3.63, 3.8) is 0 Å². The molecule has 1 aromatic rings. The van der Waals surface area contributed by atoms with E-state index in [0.717, 1.165) is 0 Å². The Morgan fingerprint density at radius 1 is 1.36 bits per heavy atom. The van der Waals surface area contributed by atoms with Gasteiger partial charge in [0.05, 0.1) is 17.1 Å². The number of carbonyl (C=O) groups excluding carboxylic acids is 2. The third-order valence-electron chi connectivity index (χ3n) is 3.86. The number of hydrogen-bond acceptors (Lipinski definition) is 6. The monoisotopic (exact) mass is 348 g/mol. The van der Waals surface area contributed by atoms with E-state index in [-0.39, 0.29) is 36.8 Å². The lowest BCUT2D eigenvalue weighted by Gasteiger charge is -2.26. The summed E-state index contributed by atoms with van der Waals surface area (Å²) < 4.78 is 10.3. The molecule has 1 unspecified atom stereocenters. The van der Waals surface area contributed by atoms with Crippen molar-refractivity contribution < 1.29 is 24.0 Å². The van der Waals surface area contributed by atoms with Crippen LogP contribution in [-0.4, -0.2) is 36.6 Å². The van der Waals surface area contributed by atoms with Gasteiger partial charge in [-0.25, -0.2) is 4.79 Å². The van der Waals surface area contributed by atoms with Gasteiger partial charge in [0.25, 0.3) is 5.69 Å². The number of nitrogens with zero attached hydrogens (tertiary/aromatic N) is 1. The van der Waals surface area contributed by atoms with Crippen LogP contribution in [0.3, 0.4) is 0 Å². The predicted molar refractivity (Wildman–Crippen MR) is 88.7 cm³/mol. The summed E-state index contributed by atoms with van der Waals surface area (Å²) in [7, 11) is 0. The zero-order chi connectivity index (χ0) is 18.4. The molecule has 0 aromatic heterocycles. The van der Waals surface area contributed by atoms with Crippen LogP contribution in [-0.2, 0) is 19.1 Å². The quantitative estimate of drug-likeness (QED) is 0.350. The lowest BCUT2D eigenvalue weighted by Crippen LogP contribution is -2.34. The fourth-order valence-corrected chi connectivity index (χ4v) is 2.80. The van der Waals surface area contributed by atoms with Crippen molar-refractivity contribution in [2.24, 2.45) is 0 Å². The SMILES string of the molecule is CCOCCOC(=O)C1=C(C)NC(=O)CC1c1ccccc1[N+](=O)[O-]. The van der Waals surface area contributed by atoms with Crippen molar-refractivity contribution in [1.82, 2.24) is 5.32 Å². The maximum absolute atomic E-state index is 12.5. The second kappa shape index (κ2) is 8.39. The smallest absolute Gasteiger partial charge is 0.336 e. The van der Waals surface area contributed by atoms with E-state index in [2.05, 4.69) is 5.32 Å². The molecule has 0 radical (unpaired) electrons. The molecular weight excluding hydrogens is 328 g/mol. The molecule has 2 rings (SSSR count). The van der Waals surface area contributed by atoms with E-state index in [4.69, 9.17) is 9.47 Å². The summed E-state index contributed by atoms with van der Waals surface area (Å²) in [4.78, 5) is 35.2. The molecule has 25 heavy (non-hydrogen) atoms. The summed E-state index contributed by atoms with van der Waals surface area (Å²) in [6, 6.07) is 6.10. The zero-order valence-corrected chi connectivity index (χ0v) is 14.1. The Morgan fingerprint density at radius 3 is 2.76 bits per heavy atom. The van der Waals surface area contributed by atoms with Gasteiger partial charge in [-0.2, -0.15) is 0 Å². The fourth-order valence-electron chi connectivity index (χ4n) is 2.80. The Bertz CT molecular complexity index is 713. The predicted octanol–water partition coefficient (Wildman–Crippen LogP) is 2.05. The number of allylic oxidation sites excluding steroid dienone is 1. The third kappa shape index (κ3) is 4.42. The number of nitro benzene ring substituents is 1. The van der Waals surface area contributed by atoms with Crippen molar-refractivity contribution in [2.45, 2.75) is 26.2 Å². The average Bonchev–Trinajstić information content (AvgIpc) is 2.57. The molecule has 134 valence electrons. The molecule has 1 aromatic carbocycles. The van der Waals surface area contributed by atoms with Crippen molar-refractivity contribution in [1.29, 1.82) is 0 Å². The minimum absolute atomic E-state index is 0.0575. The molecular formula is C17H20N2O6. The number of carbonyl (C=O) groups is 2. The number of nitrogens with one attached hydrogen (secondary N) is 1. The standard InChI is InChI=1S/C17H20N2O6/c1-3-24-8-9-25-17(21)16-11(2)18-15(20)10-13(16)12-6-4-5-7-14(12)19(22)23/h4-7,13H,3,8-10H2,1-2H3,(H,18,20). The first-order valence-corrected chi connectivity index (χ1v) is 7.94. The average molecular weight is 348 g/mol. The molecule has 1 aliphatic heterocycles. The van der Waals surface area contributed by atoms with Gasteiger partial charge in [-0.3, -0.25) is 14.9 Å². The van der Waals surface area contributed by atoms with Crippen LogP contribution in [0.1, 0.15) is 31.7 Å². The van der Waals surface area contributed by atoms with Crippen LogP contribution < -0.4 is 5.32 Å². The first kappa shape index (κ1) is 18.6. The van der Waals surface area contributed by atoms with Gasteiger partial charge in [-0.05, 0) is 13.8 Å². The van der Waals surface area contributed by atoms with Gasteiger partial charge < -0.3 is 14.8 Å². The first-order valence-electron chi connectivity index (χ1n) is 7.94. The summed E-state index contributed by atoms with van der Waals surface area (Å²) >= 11 is 0. The molecule has 8 nitrogen and oxygen atoms in total. The van der Waals surface area contributed by atoms with Crippen LogP contribution in [0.2, 0.25) is 0 Å². The van der Waals surface area contributed by atoms with Crippen LogP contribution >= 0.6 is 0 Å². The molecule has 1 amide bonds. The second-order valence-corrected chi connectivity index (χ2v) is 5.49. The summed E-state index contributed by atoms with van der Waals surface area (Å²) in [6.45, 7) is 4.25. The van der Waals surface area contributed by atoms with Crippen LogP contribution in [0.5, 0.6) is 0 Å². The highest BCUT2D eigenvalue weighted by molar-refractivity contribution is 5.96. The molecule has 1 atom stereocenters. The topological polar surface area (TPSA) is 108 Å². The van der Waals surface area contributed by atoms with Crippen LogP contribution in [0.15, 0.2) is 35.5 Å². The molecule has 0 saturated carbocycles. The third-order valence-corrected chi connectivity index (χ3v) is 3.86. The Kier molecular flexibility index (Phi) is 6.24.